The van der Waals surface area contributed by atoms with Crippen LogP contribution in [0.2, 0.25) is 10.0 Å². The van der Waals surface area contributed by atoms with Crippen molar-refractivity contribution in [3.8, 4) is 0 Å². The van der Waals surface area contributed by atoms with Crippen LogP contribution in [-0.4, -0.2) is 15.9 Å². The second kappa shape index (κ2) is 7.68. The Hall–Kier alpha value is -2.70. The van der Waals surface area contributed by atoms with Crippen molar-refractivity contribution in [2.75, 3.05) is 10.6 Å². The number of hydrogen-bond donors (Lipinski definition) is 2. The zero-order chi connectivity index (χ0) is 18.7. The summed E-state index contributed by atoms with van der Waals surface area (Å²) in [6.45, 7) is 1.66. The molecule has 1 aromatic heterocycles. The molecule has 3 rings (SSSR count). The van der Waals surface area contributed by atoms with Gasteiger partial charge in [-0.05, 0) is 43.3 Å². The summed E-state index contributed by atoms with van der Waals surface area (Å²) < 4.78 is 13.3. The van der Waals surface area contributed by atoms with Crippen molar-refractivity contribution in [3.05, 3.63) is 75.9 Å². The molecule has 26 heavy (non-hydrogen) atoms. The molecule has 0 fully saturated rings. The Morgan fingerprint density at radius 1 is 1.08 bits per heavy atom. The average molecular weight is 391 g/mol. The number of hydrogen-bond acceptors (Lipinski definition) is 4. The molecule has 0 atom stereocenters. The highest BCUT2D eigenvalue weighted by Crippen LogP contribution is 2.28. The molecule has 0 spiro atoms. The summed E-state index contributed by atoms with van der Waals surface area (Å²) in [7, 11) is 0. The van der Waals surface area contributed by atoms with Crippen LogP contribution in [-0.2, 0) is 0 Å². The second-order valence-corrected chi connectivity index (χ2v) is 6.24. The molecule has 0 saturated carbocycles. The van der Waals surface area contributed by atoms with E-state index in [2.05, 4.69) is 20.6 Å². The highest BCUT2D eigenvalue weighted by Gasteiger charge is 2.12. The van der Waals surface area contributed by atoms with Crippen LogP contribution in [0.1, 0.15) is 16.3 Å². The van der Waals surface area contributed by atoms with Crippen LogP contribution in [0.25, 0.3) is 0 Å². The maximum atomic E-state index is 13.3. The first-order chi connectivity index (χ1) is 12.4. The van der Waals surface area contributed by atoms with E-state index in [9.17, 15) is 9.18 Å². The van der Waals surface area contributed by atoms with E-state index in [0.29, 0.717) is 33.1 Å². The maximum absolute atomic E-state index is 13.3. The molecule has 0 aliphatic heterocycles. The summed E-state index contributed by atoms with van der Waals surface area (Å²) in [4.78, 5) is 20.8. The first-order valence-corrected chi connectivity index (χ1v) is 8.31. The fourth-order valence-corrected chi connectivity index (χ4v) is 2.58. The molecule has 132 valence electrons. The lowest BCUT2D eigenvalue weighted by molar-refractivity contribution is 0.102. The van der Waals surface area contributed by atoms with Crippen LogP contribution < -0.4 is 10.6 Å². The number of aryl methyl sites for hydroxylation is 1. The fraction of sp³-hybridized carbons (Fsp3) is 0.0556. The number of carbonyl (C=O) groups excluding carboxylic acids is 1. The van der Waals surface area contributed by atoms with Gasteiger partial charge in [0.05, 0.1) is 10.7 Å². The third kappa shape index (κ3) is 4.47. The van der Waals surface area contributed by atoms with Gasteiger partial charge in [-0.15, -0.1) is 0 Å². The van der Waals surface area contributed by atoms with Gasteiger partial charge in [-0.3, -0.25) is 4.79 Å². The van der Waals surface area contributed by atoms with Gasteiger partial charge >= 0.3 is 0 Å². The van der Waals surface area contributed by atoms with Crippen molar-refractivity contribution in [2.45, 2.75) is 6.92 Å². The van der Waals surface area contributed by atoms with Gasteiger partial charge in [0.25, 0.3) is 5.91 Å². The number of halogens is 3. The van der Waals surface area contributed by atoms with Gasteiger partial charge in [-0.1, -0.05) is 29.3 Å². The lowest BCUT2D eigenvalue weighted by Gasteiger charge is -2.11. The van der Waals surface area contributed by atoms with Crippen LogP contribution in [0.5, 0.6) is 0 Å². The number of aromatic nitrogens is 2. The van der Waals surface area contributed by atoms with Crippen molar-refractivity contribution in [1.29, 1.82) is 0 Å². The van der Waals surface area contributed by atoms with Crippen LogP contribution in [0.4, 0.5) is 21.6 Å². The quantitative estimate of drug-likeness (QED) is 0.640. The Bertz CT molecular complexity index is 981. The molecule has 0 bridgehead atoms. The van der Waals surface area contributed by atoms with Gasteiger partial charge in [0.15, 0.2) is 0 Å². The predicted molar refractivity (Wildman–Crippen MR) is 101 cm³/mol. The van der Waals surface area contributed by atoms with Crippen LogP contribution >= 0.6 is 23.2 Å². The summed E-state index contributed by atoms with van der Waals surface area (Å²) in [5.41, 5.74) is 1.01. The van der Waals surface area contributed by atoms with E-state index < -0.39 is 11.7 Å². The predicted octanol–water partition coefficient (Wildman–Crippen LogP) is 5.23. The highest BCUT2D eigenvalue weighted by atomic mass is 35.5. The van der Waals surface area contributed by atoms with Crippen molar-refractivity contribution >= 4 is 46.3 Å². The van der Waals surface area contributed by atoms with E-state index >= 15 is 0 Å². The number of benzene rings is 2. The van der Waals surface area contributed by atoms with E-state index in [4.69, 9.17) is 23.2 Å². The highest BCUT2D eigenvalue weighted by molar-refractivity contribution is 6.35. The molecule has 1 amide bonds. The summed E-state index contributed by atoms with van der Waals surface area (Å²) in [5.74, 6) is -0.162. The Morgan fingerprint density at radius 3 is 2.65 bits per heavy atom. The molecule has 0 saturated heterocycles. The van der Waals surface area contributed by atoms with Gasteiger partial charge in [-0.25, -0.2) is 14.4 Å². The van der Waals surface area contributed by atoms with E-state index in [1.54, 1.807) is 31.2 Å². The Morgan fingerprint density at radius 2 is 1.88 bits per heavy atom. The lowest BCUT2D eigenvalue weighted by Crippen LogP contribution is -2.15. The third-order valence-electron chi connectivity index (χ3n) is 3.34. The van der Waals surface area contributed by atoms with Crippen molar-refractivity contribution in [3.63, 3.8) is 0 Å². The molecule has 0 aliphatic rings. The standard InChI is InChI=1S/C18H13Cl2FN4O/c1-10-22-16(18(26)24-13-4-2-3-12(21)8-13)9-17(23-10)25-15-7-11(19)5-6-14(15)20/h2-9H,1H3,(H,24,26)(H,22,23,25). The van der Waals surface area contributed by atoms with Crippen LogP contribution in [0.15, 0.2) is 48.5 Å². The number of carbonyl (C=O) groups is 1. The number of nitrogens with zero attached hydrogens (tertiary/aromatic N) is 2. The average Bonchev–Trinajstić information content (AvgIpc) is 2.57. The first kappa shape index (κ1) is 18.1. The summed E-state index contributed by atoms with van der Waals surface area (Å²) in [5, 5.41) is 6.57. The van der Waals surface area contributed by atoms with E-state index in [1.165, 1.54) is 24.3 Å². The Labute approximate surface area is 159 Å². The minimum atomic E-state index is -0.485. The zero-order valence-corrected chi connectivity index (χ0v) is 15.1. The Kier molecular flexibility index (Phi) is 5.35. The first-order valence-electron chi connectivity index (χ1n) is 7.55. The van der Waals surface area contributed by atoms with Crippen molar-refractivity contribution in [1.82, 2.24) is 9.97 Å². The molecular formula is C18H13Cl2FN4O. The van der Waals surface area contributed by atoms with Gasteiger partial charge in [0, 0.05) is 16.8 Å². The van der Waals surface area contributed by atoms with Gasteiger partial charge < -0.3 is 10.6 Å². The van der Waals surface area contributed by atoms with Crippen LogP contribution in [0, 0.1) is 12.7 Å². The molecular weight excluding hydrogens is 378 g/mol. The van der Waals surface area contributed by atoms with Crippen molar-refractivity contribution < 1.29 is 9.18 Å². The Balaban J connectivity index is 1.85. The molecule has 2 aromatic carbocycles. The molecule has 0 aliphatic carbocycles. The van der Waals surface area contributed by atoms with E-state index in [0.717, 1.165) is 0 Å². The topological polar surface area (TPSA) is 66.9 Å². The van der Waals surface area contributed by atoms with Gasteiger partial charge in [0.1, 0.15) is 23.2 Å². The monoisotopic (exact) mass is 390 g/mol. The largest absolute Gasteiger partial charge is 0.339 e. The van der Waals surface area contributed by atoms with E-state index in [-0.39, 0.29) is 5.69 Å². The van der Waals surface area contributed by atoms with Gasteiger partial charge in [0.2, 0.25) is 0 Å². The number of amides is 1. The molecule has 0 unspecified atom stereocenters. The number of rotatable bonds is 4. The number of anilines is 3. The molecule has 8 heteroatoms. The van der Waals surface area contributed by atoms with E-state index in [1.807, 2.05) is 0 Å². The second-order valence-electron chi connectivity index (χ2n) is 5.40. The normalized spacial score (nSPS) is 10.5. The minimum absolute atomic E-state index is 0.127. The van der Waals surface area contributed by atoms with Crippen molar-refractivity contribution in [2.24, 2.45) is 0 Å². The number of nitrogens with one attached hydrogen (secondary N) is 2. The molecule has 0 radical (unpaired) electrons. The fourth-order valence-electron chi connectivity index (χ4n) is 2.24. The molecule has 1 heterocycles. The van der Waals surface area contributed by atoms with Crippen LogP contribution in [0.3, 0.4) is 0 Å². The van der Waals surface area contributed by atoms with Gasteiger partial charge in [-0.2, -0.15) is 0 Å². The summed E-state index contributed by atoms with van der Waals surface area (Å²) in [6.07, 6.45) is 0. The maximum Gasteiger partial charge on any atom is 0.274 e. The summed E-state index contributed by atoms with van der Waals surface area (Å²) >= 11 is 12.1. The third-order valence-corrected chi connectivity index (χ3v) is 3.91. The zero-order valence-electron chi connectivity index (χ0n) is 13.6. The minimum Gasteiger partial charge on any atom is -0.339 e. The SMILES string of the molecule is Cc1nc(Nc2cc(Cl)ccc2Cl)cc(C(=O)Nc2cccc(F)c2)n1. The molecule has 5 nitrogen and oxygen atoms in total. The molecule has 2 N–H and O–H groups in total. The lowest BCUT2D eigenvalue weighted by atomic mass is 10.2. The smallest absolute Gasteiger partial charge is 0.274 e. The summed E-state index contributed by atoms with van der Waals surface area (Å²) in [6, 6.07) is 12.0. The molecule has 3 aromatic rings.